The molecular formula is C13H18N2O4. The average Bonchev–Trinajstić information content (AvgIpc) is 2.35. The number of carbonyl (C=O) groups excluding carboxylic acids is 1. The summed E-state index contributed by atoms with van der Waals surface area (Å²) in [4.78, 5) is 22.0. The van der Waals surface area contributed by atoms with E-state index in [0.717, 1.165) is 5.56 Å². The summed E-state index contributed by atoms with van der Waals surface area (Å²) in [6.45, 7) is 5.53. The van der Waals surface area contributed by atoms with Crippen molar-refractivity contribution in [2.45, 2.75) is 20.8 Å². The molecule has 0 aliphatic heterocycles. The van der Waals surface area contributed by atoms with Gasteiger partial charge in [-0.05, 0) is 32.4 Å². The van der Waals surface area contributed by atoms with Gasteiger partial charge in [-0.1, -0.05) is 6.07 Å². The standard InChI is InChI=1S/C13H18N2O4/c1-9-5-6-11(15(17)18)10(7-9)14-8-13(2,3)12(16)19-4/h5-7,14H,8H2,1-4H3. The number of ether oxygens (including phenoxy) is 1. The molecule has 1 aromatic carbocycles. The minimum absolute atomic E-state index is 0.00809. The number of nitrogens with one attached hydrogen (secondary N) is 1. The van der Waals surface area contributed by atoms with Gasteiger partial charge in [0, 0.05) is 12.6 Å². The minimum atomic E-state index is -0.758. The molecule has 0 aliphatic rings. The number of rotatable bonds is 5. The monoisotopic (exact) mass is 266 g/mol. The Morgan fingerprint density at radius 3 is 2.63 bits per heavy atom. The molecular weight excluding hydrogens is 248 g/mol. The van der Waals surface area contributed by atoms with Crippen LogP contribution in [0.5, 0.6) is 0 Å². The number of aryl methyl sites for hydroxylation is 1. The highest BCUT2D eigenvalue weighted by molar-refractivity contribution is 5.77. The Labute approximate surface area is 111 Å². The molecule has 6 heteroatoms. The second-order valence-corrected chi connectivity index (χ2v) is 5.01. The van der Waals surface area contributed by atoms with E-state index in [4.69, 9.17) is 4.74 Å². The Hall–Kier alpha value is -2.11. The van der Waals surface area contributed by atoms with E-state index in [9.17, 15) is 14.9 Å². The predicted octanol–water partition coefficient (Wildman–Crippen LogP) is 2.51. The van der Waals surface area contributed by atoms with Gasteiger partial charge in [0.05, 0.1) is 17.4 Å². The third-order valence-corrected chi connectivity index (χ3v) is 2.81. The molecule has 6 nitrogen and oxygen atoms in total. The zero-order valence-corrected chi connectivity index (χ0v) is 11.5. The van der Waals surface area contributed by atoms with E-state index in [1.807, 2.05) is 6.92 Å². The zero-order valence-electron chi connectivity index (χ0n) is 11.5. The zero-order chi connectivity index (χ0) is 14.6. The maximum Gasteiger partial charge on any atom is 0.313 e. The number of benzene rings is 1. The van der Waals surface area contributed by atoms with Gasteiger partial charge in [-0.2, -0.15) is 0 Å². The average molecular weight is 266 g/mol. The molecule has 0 unspecified atom stereocenters. The van der Waals surface area contributed by atoms with Gasteiger partial charge in [0.15, 0.2) is 0 Å². The van der Waals surface area contributed by atoms with E-state index in [-0.39, 0.29) is 18.2 Å². The molecule has 104 valence electrons. The SMILES string of the molecule is COC(=O)C(C)(C)CNc1cc(C)ccc1[N+](=O)[O-]. The highest BCUT2D eigenvalue weighted by atomic mass is 16.6. The van der Waals surface area contributed by atoms with Crippen LogP contribution < -0.4 is 5.32 Å². The van der Waals surface area contributed by atoms with Crippen LogP contribution in [0.1, 0.15) is 19.4 Å². The fourth-order valence-electron chi connectivity index (χ4n) is 1.62. The summed E-state index contributed by atoms with van der Waals surface area (Å²) in [5.41, 5.74) is 0.545. The first kappa shape index (κ1) is 14.9. The molecule has 0 radical (unpaired) electrons. The van der Waals surface area contributed by atoms with Gasteiger partial charge in [-0.25, -0.2) is 0 Å². The number of methoxy groups -OCH3 is 1. The van der Waals surface area contributed by atoms with Crippen molar-refractivity contribution in [2.75, 3.05) is 19.0 Å². The number of esters is 1. The summed E-state index contributed by atoms with van der Waals surface area (Å²) in [7, 11) is 1.32. The molecule has 0 saturated heterocycles. The first-order valence-electron chi connectivity index (χ1n) is 5.85. The second kappa shape index (κ2) is 5.69. The molecule has 0 aromatic heterocycles. The first-order valence-corrected chi connectivity index (χ1v) is 5.85. The number of nitro benzene ring substituents is 1. The van der Waals surface area contributed by atoms with Crippen LogP contribution in [0, 0.1) is 22.5 Å². The van der Waals surface area contributed by atoms with Crippen LogP contribution in [0.4, 0.5) is 11.4 Å². The van der Waals surface area contributed by atoms with Crippen LogP contribution in [0.2, 0.25) is 0 Å². The number of anilines is 1. The van der Waals surface area contributed by atoms with Crippen molar-refractivity contribution in [1.82, 2.24) is 0 Å². The maximum absolute atomic E-state index is 11.5. The first-order chi connectivity index (χ1) is 8.77. The van der Waals surface area contributed by atoms with E-state index >= 15 is 0 Å². The summed E-state index contributed by atoms with van der Waals surface area (Å²) in [6, 6.07) is 4.81. The number of hydrogen-bond donors (Lipinski definition) is 1. The van der Waals surface area contributed by atoms with E-state index in [2.05, 4.69) is 5.32 Å². The fourth-order valence-corrected chi connectivity index (χ4v) is 1.62. The lowest BCUT2D eigenvalue weighted by Crippen LogP contribution is -2.33. The molecule has 19 heavy (non-hydrogen) atoms. The Morgan fingerprint density at radius 1 is 1.47 bits per heavy atom. The van der Waals surface area contributed by atoms with Crippen LogP contribution in [-0.4, -0.2) is 24.5 Å². The topological polar surface area (TPSA) is 81.5 Å². The van der Waals surface area contributed by atoms with E-state index in [1.54, 1.807) is 26.0 Å². The lowest BCUT2D eigenvalue weighted by molar-refractivity contribution is -0.384. The Kier molecular flexibility index (Phi) is 4.47. The third kappa shape index (κ3) is 3.67. The van der Waals surface area contributed by atoms with Gasteiger partial charge in [-0.3, -0.25) is 14.9 Å². The van der Waals surface area contributed by atoms with E-state index in [1.165, 1.54) is 13.2 Å². The van der Waals surface area contributed by atoms with Gasteiger partial charge in [0.25, 0.3) is 5.69 Å². The summed E-state index contributed by atoms with van der Waals surface area (Å²) < 4.78 is 4.69. The van der Waals surface area contributed by atoms with Crippen molar-refractivity contribution >= 4 is 17.3 Å². The number of carbonyl (C=O) groups is 1. The van der Waals surface area contributed by atoms with E-state index < -0.39 is 10.3 Å². The van der Waals surface area contributed by atoms with Gasteiger partial charge in [-0.15, -0.1) is 0 Å². The Morgan fingerprint density at radius 2 is 2.11 bits per heavy atom. The van der Waals surface area contributed by atoms with Crippen molar-refractivity contribution in [3.05, 3.63) is 33.9 Å². The smallest absolute Gasteiger partial charge is 0.313 e. The number of hydrogen-bond acceptors (Lipinski definition) is 5. The normalized spacial score (nSPS) is 10.9. The highest BCUT2D eigenvalue weighted by Gasteiger charge is 2.29. The quantitative estimate of drug-likeness (QED) is 0.503. The second-order valence-electron chi connectivity index (χ2n) is 5.01. The maximum atomic E-state index is 11.5. The van der Waals surface area contributed by atoms with Crippen molar-refractivity contribution in [3.8, 4) is 0 Å². The number of nitro groups is 1. The van der Waals surface area contributed by atoms with Gasteiger partial charge < -0.3 is 10.1 Å². The van der Waals surface area contributed by atoms with Crippen LogP contribution in [-0.2, 0) is 9.53 Å². The molecule has 0 aliphatic carbocycles. The largest absolute Gasteiger partial charge is 0.469 e. The van der Waals surface area contributed by atoms with Crippen molar-refractivity contribution in [1.29, 1.82) is 0 Å². The third-order valence-electron chi connectivity index (χ3n) is 2.81. The predicted molar refractivity (Wildman–Crippen MR) is 72.1 cm³/mol. The Balaban J connectivity index is 2.91. The van der Waals surface area contributed by atoms with Gasteiger partial charge in [0.1, 0.15) is 5.69 Å². The summed E-state index contributed by atoms with van der Waals surface area (Å²) >= 11 is 0. The van der Waals surface area contributed by atoms with Crippen LogP contribution in [0.3, 0.4) is 0 Å². The molecule has 1 aromatic rings. The van der Waals surface area contributed by atoms with Crippen molar-refractivity contribution in [2.24, 2.45) is 5.41 Å². The van der Waals surface area contributed by atoms with Crippen LogP contribution in [0.25, 0.3) is 0 Å². The van der Waals surface area contributed by atoms with Gasteiger partial charge in [0.2, 0.25) is 0 Å². The lowest BCUT2D eigenvalue weighted by atomic mass is 9.93. The summed E-state index contributed by atoms with van der Waals surface area (Å²) in [5, 5.41) is 13.9. The van der Waals surface area contributed by atoms with Gasteiger partial charge >= 0.3 is 5.97 Å². The Bertz CT molecular complexity index is 497. The molecule has 0 atom stereocenters. The molecule has 0 fully saturated rings. The highest BCUT2D eigenvalue weighted by Crippen LogP contribution is 2.27. The molecule has 0 heterocycles. The molecule has 0 saturated carbocycles. The van der Waals surface area contributed by atoms with Crippen molar-refractivity contribution < 1.29 is 14.5 Å². The van der Waals surface area contributed by atoms with E-state index in [0.29, 0.717) is 5.69 Å². The fraction of sp³-hybridized carbons (Fsp3) is 0.462. The number of nitrogens with zero attached hydrogens (tertiary/aromatic N) is 1. The minimum Gasteiger partial charge on any atom is -0.469 e. The van der Waals surface area contributed by atoms with Crippen LogP contribution >= 0.6 is 0 Å². The molecule has 1 rings (SSSR count). The molecule has 1 N–H and O–H groups in total. The molecule has 0 bridgehead atoms. The molecule has 0 spiro atoms. The summed E-state index contributed by atoms with van der Waals surface area (Å²) in [6.07, 6.45) is 0. The molecule has 0 amide bonds. The van der Waals surface area contributed by atoms with Crippen LogP contribution in [0.15, 0.2) is 18.2 Å². The lowest BCUT2D eigenvalue weighted by Gasteiger charge is -2.22. The summed E-state index contributed by atoms with van der Waals surface area (Å²) in [5.74, 6) is -0.365. The van der Waals surface area contributed by atoms with Crippen molar-refractivity contribution in [3.63, 3.8) is 0 Å².